The van der Waals surface area contributed by atoms with Crippen molar-refractivity contribution in [2.24, 2.45) is 10.9 Å². The fourth-order valence-corrected chi connectivity index (χ4v) is 2.79. The Hall–Kier alpha value is -1.64. The predicted octanol–water partition coefficient (Wildman–Crippen LogP) is 0.649. The molecule has 8 heteroatoms. The van der Waals surface area contributed by atoms with Gasteiger partial charge < -0.3 is 10.9 Å². The van der Waals surface area contributed by atoms with Crippen LogP contribution in [0.2, 0.25) is 0 Å². The number of amidine groups is 1. The van der Waals surface area contributed by atoms with Gasteiger partial charge in [0.1, 0.15) is 6.04 Å². The Kier molecular flexibility index (Phi) is 5.49. The van der Waals surface area contributed by atoms with E-state index in [1.165, 1.54) is 11.4 Å². The molecule has 4 N–H and O–H groups in total. The van der Waals surface area contributed by atoms with Gasteiger partial charge >= 0.3 is 0 Å². The van der Waals surface area contributed by atoms with Crippen LogP contribution in [-0.2, 0) is 10.2 Å². The lowest BCUT2D eigenvalue weighted by atomic mass is 10.1. The second-order valence-electron chi connectivity index (χ2n) is 4.60. The smallest absolute Gasteiger partial charge is 0.280 e. The third kappa shape index (κ3) is 3.92. The van der Waals surface area contributed by atoms with Crippen LogP contribution in [-0.4, -0.2) is 36.9 Å². The van der Waals surface area contributed by atoms with Gasteiger partial charge in [-0.05, 0) is 19.4 Å². The second-order valence-corrected chi connectivity index (χ2v) is 6.36. The molecule has 0 fully saturated rings. The van der Waals surface area contributed by atoms with Gasteiger partial charge in [0.05, 0.1) is 0 Å². The molecule has 0 saturated carbocycles. The number of nitrogens with two attached hydrogens (primary N) is 1. The predicted molar refractivity (Wildman–Crippen MR) is 77.5 cm³/mol. The van der Waals surface area contributed by atoms with Gasteiger partial charge in [0.2, 0.25) is 0 Å². The SMILES string of the molecule is CC(C)N(C)S(=O)(=O)NC(C(N)=NO)c1ccccc1. The third-order valence-electron chi connectivity index (χ3n) is 2.92. The van der Waals surface area contributed by atoms with E-state index in [4.69, 9.17) is 10.9 Å². The summed E-state index contributed by atoms with van der Waals surface area (Å²) in [6.45, 7) is 3.50. The van der Waals surface area contributed by atoms with E-state index >= 15 is 0 Å². The molecule has 0 aliphatic rings. The van der Waals surface area contributed by atoms with Crippen molar-refractivity contribution in [2.75, 3.05) is 7.05 Å². The fourth-order valence-electron chi connectivity index (χ4n) is 1.51. The zero-order valence-electron chi connectivity index (χ0n) is 11.7. The van der Waals surface area contributed by atoms with Crippen LogP contribution in [0.25, 0.3) is 0 Å². The van der Waals surface area contributed by atoms with E-state index in [1.807, 2.05) is 0 Å². The molecule has 0 radical (unpaired) electrons. The Morgan fingerprint density at radius 1 is 1.35 bits per heavy atom. The van der Waals surface area contributed by atoms with Gasteiger partial charge in [0.15, 0.2) is 5.84 Å². The van der Waals surface area contributed by atoms with Gasteiger partial charge in [0, 0.05) is 13.1 Å². The van der Waals surface area contributed by atoms with Crippen LogP contribution in [0, 0.1) is 0 Å². The van der Waals surface area contributed by atoms with Crippen LogP contribution in [0.5, 0.6) is 0 Å². The molecule has 0 aliphatic carbocycles. The molecule has 7 nitrogen and oxygen atoms in total. The van der Waals surface area contributed by atoms with Crippen molar-refractivity contribution in [3.63, 3.8) is 0 Å². The highest BCUT2D eigenvalue weighted by Gasteiger charge is 2.27. The highest BCUT2D eigenvalue weighted by atomic mass is 32.2. The van der Waals surface area contributed by atoms with Crippen molar-refractivity contribution in [3.05, 3.63) is 35.9 Å². The molecule has 1 aromatic carbocycles. The topological polar surface area (TPSA) is 108 Å². The molecule has 20 heavy (non-hydrogen) atoms. The largest absolute Gasteiger partial charge is 0.409 e. The van der Waals surface area contributed by atoms with Crippen molar-refractivity contribution in [2.45, 2.75) is 25.9 Å². The molecule has 112 valence electrons. The normalized spacial score (nSPS) is 14.8. The molecule has 1 rings (SSSR count). The average molecular weight is 300 g/mol. The molecule has 0 spiro atoms. The van der Waals surface area contributed by atoms with Crippen LogP contribution in [0.4, 0.5) is 0 Å². The molecule has 1 atom stereocenters. The van der Waals surface area contributed by atoms with Gasteiger partial charge in [-0.25, -0.2) is 0 Å². The Balaban J connectivity index is 3.10. The van der Waals surface area contributed by atoms with Crippen molar-refractivity contribution in [1.29, 1.82) is 0 Å². The monoisotopic (exact) mass is 300 g/mol. The van der Waals surface area contributed by atoms with Gasteiger partial charge in [-0.3, -0.25) is 0 Å². The minimum absolute atomic E-state index is 0.212. The molecule has 0 aliphatic heterocycles. The molecule has 0 heterocycles. The highest BCUT2D eigenvalue weighted by Crippen LogP contribution is 2.15. The van der Waals surface area contributed by atoms with Crippen LogP contribution >= 0.6 is 0 Å². The molecule has 1 unspecified atom stereocenters. The molecule has 1 aromatic rings. The van der Waals surface area contributed by atoms with Crippen LogP contribution in [0.1, 0.15) is 25.5 Å². The van der Waals surface area contributed by atoms with Crippen molar-refractivity contribution in [3.8, 4) is 0 Å². The number of rotatable bonds is 6. The molecular formula is C12H20N4O3S. The van der Waals surface area contributed by atoms with Crippen LogP contribution in [0.15, 0.2) is 35.5 Å². The Morgan fingerprint density at radius 2 is 1.90 bits per heavy atom. The Morgan fingerprint density at radius 3 is 2.35 bits per heavy atom. The minimum Gasteiger partial charge on any atom is -0.409 e. The van der Waals surface area contributed by atoms with E-state index in [0.717, 1.165) is 0 Å². The first-order valence-corrected chi connectivity index (χ1v) is 7.51. The summed E-state index contributed by atoms with van der Waals surface area (Å²) in [6.07, 6.45) is 0. The second kappa shape index (κ2) is 6.69. The van der Waals surface area contributed by atoms with Crippen molar-refractivity contribution < 1.29 is 13.6 Å². The zero-order chi connectivity index (χ0) is 15.3. The first-order chi connectivity index (χ1) is 9.29. The number of hydrogen-bond acceptors (Lipinski definition) is 4. The van der Waals surface area contributed by atoms with Crippen molar-refractivity contribution >= 4 is 16.0 Å². The molecule has 0 amide bonds. The fraction of sp³-hybridized carbons (Fsp3) is 0.417. The summed E-state index contributed by atoms with van der Waals surface area (Å²) in [5.41, 5.74) is 6.17. The van der Waals surface area contributed by atoms with Gasteiger partial charge in [-0.15, -0.1) is 0 Å². The summed E-state index contributed by atoms with van der Waals surface area (Å²) in [5, 5.41) is 11.7. The first kappa shape index (κ1) is 16.4. The van der Waals surface area contributed by atoms with E-state index in [9.17, 15) is 8.42 Å². The van der Waals surface area contributed by atoms with E-state index in [0.29, 0.717) is 5.56 Å². The summed E-state index contributed by atoms with van der Waals surface area (Å²) in [4.78, 5) is 0. The third-order valence-corrected chi connectivity index (χ3v) is 4.63. The van der Waals surface area contributed by atoms with Crippen LogP contribution < -0.4 is 10.5 Å². The van der Waals surface area contributed by atoms with E-state index in [2.05, 4.69) is 9.88 Å². The summed E-state index contributed by atoms with van der Waals surface area (Å²) in [6, 6.07) is 7.53. The van der Waals surface area contributed by atoms with E-state index in [1.54, 1.807) is 44.2 Å². The highest BCUT2D eigenvalue weighted by molar-refractivity contribution is 7.87. The average Bonchev–Trinajstić information content (AvgIpc) is 2.44. The number of hydrogen-bond donors (Lipinski definition) is 3. The lowest BCUT2D eigenvalue weighted by Gasteiger charge is -2.25. The molecule has 0 saturated heterocycles. The minimum atomic E-state index is -3.75. The van der Waals surface area contributed by atoms with Gasteiger partial charge in [0.25, 0.3) is 10.2 Å². The van der Waals surface area contributed by atoms with E-state index < -0.39 is 16.3 Å². The number of nitrogens with one attached hydrogen (secondary N) is 1. The number of oxime groups is 1. The Bertz CT molecular complexity index is 557. The zero-order valence-corrected chi connectivity index (χ0v) is 12.5. The van der Waals surface area contributed by atoms with Crippen LogP contribution in [0.3, 0.4) is 0 Å². The van der Waals surface area contributed by atoms with Gasteiger partial charge in [-0.1, -0.05) is 35.5 Å². The summed E-state index contributed by atoms with van der Waals surface area (Å²) in [5.74, 6) is -0.225. The summed E-state index contributed by atoms with van der Waals surface area (Å²) in [7, 11) is -2.29. The number of benzene rings is 1. The van der Waals surface area contributed by atoms with Gasteiger partial charge in [-0.2, -0.15) is 17.4 Å². The van der Waals surface area contributed by atoms with Crippen molar-refractivity contribution in [1.82, 2.24) is 9.03 Å². The summed E-state index contributed by atoms with van der Waals surface area (Å²) < 4.78 is 28.0. The summed E-state index contributed by atoms with van der Waals surface area (Å²) >= 11 is 0. The maximum atomic E-state index is 12.2. The lowest BCUT2D eigenvalue weighted by molar-refractivity contribution is 0.315. The number of nitrogens with zero attached hydrogens (tertiary/aromatic N) is 2. The lowest BCUT2D eigenvalue weighted by Crippen LogP contribution is -2.46. The molecule has 0 aromatic heterocycles. The van der Waals surface area contributed by atoms with E-state index in [-0.39, 0.29) is 11.9 Å². The first-order valence-electron chi connectivity index (χ1n) is 6.07. The Labute approximate surface area is 119 Å². The standard InChI is InChI=1S/C12H20N4O3S/c1-9(2)16(3)20(18,19)15-11(12(13)14-17)10-7-5-4-6-8-10/h4-9,11,15,17H,1-3H3,(H2,13,14). The maximum absolute atomic E-state index is 12.2. The quantitative estimate of drug-likeness (QED) is 0.310. The molecule has 0 bridgehead atoms. The maximum Gasteiger partial charge on any atom is 0.280 e. The molecular weight excluding hydrogens is 280 g/mol.